The van der Waals surface area contributed by atoms with Crippen LogP contribution in [0.5, 0.6) is 0 Å². The van der Waals surface area contributed by atoms with Crippen molar-refractivity contribution >= 4 is 11.9 Å². The first-order valence-corrected chi connectivity index (χ1v) is 8.95. The molecule has 1 aromatic heterocycles. The van der Waals surface area contributed by atoms with E-state index in [4.69, 9.17) is 0 Å². The van der Waals surface area contributed by atoms with Crippen molar-refractivity contribution in [3.63, 3.8) is 0 Å². The lowest BCUT2D eigenvalue weighted by Gasteiger charge is -2.34. The average molecular weight is 340 g/mol. The van der Waals surface area contributed by atoms with Gasteiger partial charge in [-0.2, -0.15) is 5.26 Å². The van der Waals surface area contributed by atoms with Crippen molar-refractivity contribution in [2.75, 3.05) is 31.1 Å². The third-order valence-corrected chi connectivity index (χ3v) is 4.77. The first-order chi connectivity index (χ1) is 12.3. The Balaban J connectivity index is 1.54. The lowest BCUT2D eigenvalue weighted by Crippen LogP contribution is -2.45. The van der Waals surface area contributed by atoms with Crippen LogP contribution in [0.15, 0.2) is 30.2 Å². The molecule has 0 spiro atoms. The summed E-state index contributed by atoms with van der Waals surface area (Å²) in [6, 6.07) is 4.06. The van der Waals surface area contributed by atoms with Crippen LogP contribution in [0.3, 0.4) is 0 Å². The normalized spacial score (nSPS) is 19.4. The van der Waals surface area contributed by atoms with E-state index in [0.29, 0.717) is 0 Å². The van der Waals surface area contributed by atoms with Gasteiger partial charge in [0.25, 0.3) is 5.91 Å². The number of hydrogen-bond acceptors (Lipinski definition) is 6. The van der Waals surface area contributed by atoms with Crippen LogP contribution < -0.4 is 10.2 Å². The van der Waals surface area contributed by atoms with Crippen LogP contribution in [0, 0.1) is 11.3 Å². The smallest absolute Gasteiger partial charge is 0.263 e. The highest BCUT2D eigenvalue weighted by Gasteiger charge is 2.21. The van der Waals surface area contributed by atoms with Crippen molar-refractivity contribution in [1.82, 2.24) is 20.2 Å². The minimum Gasteiger partial charge on any atom is -0.373 e. The number of hydrogen-bond donors (Lipinski definition) is 1. The van der Waals surface area contributed by atoms with Gasteiger partial charge in [-0.15, -0.1) is 0 Å². The number of amides is 1. The molecule has 1 aromatic rings. The summed E-state index contributed by atoms with van der Waals surface area (Å²) in [6.45, 7) is 3.01. The Morgan fingerprint density at radius 3 is 2.48 bits per heavy atom. The number of nitrogens with one attached hydrogen (secondary N) is 1. The van der Waals surface area contributed by atoms with Gasteiger partial charge < -0.3 is 15.1 Å². The van der Waals surface area contributed by atoms with Crippen LogP contribution in [0.2, 0.25) is 0 Å². The Labute approximate surface area is 148 Å². The monoisotopic (exact) mass is 340 g/mol. The van der Waals surface area contributed by atoms with Gasteiger partial charge >= 0.3 is 0 Å². The fourth-order valence-corrected chi connectivity index (χ4v) is 3.34. The second-order valence-electron chi connectivity index (χ2n) is 6.53. The van der Waals surface area contributed by atoms with Crippen LogP contribution >= 0.6 is 0 Å². The van der Waals surface area contributed by atoms with E-state index in [-0.39, 0.29) is 17.5 Å². The third kappa shape index (κ3) is 4.69. The van der Waals surface area contributed by atoms with Gasteiger partial charge in [-0.05, 0) is 18.9 Å². The largest absolute Gasteiger partial charge is 0.373 e. The number of aromatic nitrogens is 2. The summed E-state index contributed by atoms with van der Waals surface area (Å²) in [6.07, 6.45) is 10.7. The van der Waals surface area contributed by atoms with Gasteiger partial charge in [0.15, 0.2) is 0 Å². The molecule has 0 bridgehead atoms. The minimum absolute atomic E-state index is 0.190. The van der Waals surface area contributed by atoms with E-state index >= 15 is 0 Å². The summed E-state index contributed by atoms with van der Waals surface area (Å²) in [5.41, 5.74) is 0.190. The maximum atomic E-state index is 12.3. The van der Waals surface area contributed by atoms with Crippen molar-refractivity contribution < 1.29 is 4.79 Å². The SMILES string of the molecule is N#C/C(=C/N1CCN(c2ncccn2)CC1)C(=O)NC1CCCCC1. The molecule has 1 saturated heterocycles. The molecule has 132 valence electrons. The van der Waals surface area contributed by atoms with Crippen LogP contribution in [-0.4, -0.2) is 53.0 Å². The highest BCUT2D eigenvalue weighted by molar-refractivity contribution is 5.97. The Morgan fingerprint density at radius 1 is 1.16 bits per heavy atom. The standard InChI is InChI=1S/C18H24N6O/c19-13-15(17(25)22-16-5-2-1-3-6-16)14-23-9-11-24(12-10-23)18-20-7-4-8-21-18/h4,7-8,14,16H,1-3,5-6,9-12H2,(H,22,25)/b15-14-. The second-order valence-corrected chi connectivity index (χ2v) is 6.53. The van der Waals surface area contributed by atoms with Crippen LogP contribution in [0.1, 0.15) is 32.1 Å². The summed E-state index contributed by atoms with van der Waals surface area (Å²) in [4.78, 5) is 25.0. The molecule has 0 atom stereocenters. The predicted molar refractivity (Wildman–Crippen MR) is 94.5 cm³/mol. The molecule has 7 heteroatoms. The second kappa shape index (κ2) is 8.47. The molecular weight excluding hydrogens is 316 g/mol. The zero-order valence-electron chi connectivity index (χ0n) is 14.4. The Morgan fingerprint density at radius 2 is 1.84 bits per heavy atom. The highest BCUT2D eigenvalue weighted by atomic mass is 16.1. The Kier molecular flexibility index (Phi) is 5.83. The van der Waals surface area contributed by atoms with E-state index in [1.54, 1.807) is 24.7 Å². The van der Waals surface area contributed by atoms with E-state index in [0.717, 1.165) is 57.8 Å². The van der Waals surface area contributed by atoms with Gasteiger partial charge in [-0.25, -0.2) is 9.97 Å². The molecule has 1 saturated carbocycles. The van der Waals surface area contributed by atoms with Crippen LogP contribution in [0.4, 0.5) is 5.95 Å². The molecule has 1 amide bonds. The first-order valence-electron chi connectivity index (χ1n) is 8.95. The average Bonchev–Trinajstić information content (AvgIpc) is 2.68. The summed E-state index contributed by atoms with van der Waals surface area (Å²) in [5, 5.41) is 12.4. The van der Waals surface area contributed by atoms with Gasteiger partial charge in [-0.3, -0.25) is 4.79 Å². The Bertz CT molecular complexity index is 639. The number of carbonyl (C=O) groups is 1. The van der Waals surface area contributed by atoms with Gasteiger partial charge in [0, 0.05) is 50.8 Å². The molecule has 2 fully saturated rings. The molecule has 0 unspecified atom stereocenters. The molecule has 2 heterocycles. The minimum atomic E-state index is -0.247. The van der Waals surface area contributed by atoms with E-state index in [1.165, 1.54) is 6.42 Å². The number of piperazine rings is 1. The molecule has 3 rings (SSSR count). The van der Waals surface area contributed by atoms with Gasteiger partial charge in [0.05, 0.1) is 0 Å². The zero-order valence-corrected chi connectivity index (χ0v) is 14.4. The van der Waals surface area contributed by atoms with Crippen molar-refractivity contribution in [3.8, 4) is 6.07 Å². The quantitative estimate of drug-likeness (QED) is 0.660. The zero-order chi connectivity index (χ0) is 17.5. The lowest BCUT2D eigenvalue weighted by atomic mass is 9.95. The van der Waals surface area contributed by atoms with Crippen molar-refractivity contribution in [3.05, 3.63) is 30.2 Å². The van der Waals surface area contributed by atoms with E-state index < -0.39 is 0 Å². The molecular formula is C18H24N6O. The van der Waals surface area contributed by atoms with E-state index in [1.807, 2.05) is 4.90 Å². The maximum Gasteiger partial charge on any atom is 0.263 e. The fourth-order valence-electron chi connectivity index (χ4n) is 3.34. The molecule has 1 aliphatic carbocycles. The predicted octanol–water partition coefficient (Wildman–Crippen LogP) is 1.45. The number of nitriles is 1. The topological polar surface area (TPSA) is 85.2 Å². The first kappa shape index (κ1) is 17.2. The lowest BCUT2D eigenvalue weighted by molar-refractivity contribution is -0.118. The molecule has 0 aromatic carbocycles. The third-order valence-electron chi connectivity index (χ3n) is 4.77. The van der Waals surface area contributed by atoms with E-state index in [2.05, 4.69) is 26.3 Å². The molecule has 2 aliphatic rings. The molecule has 7 nitrogen and oxygen atoms in total. The summed E-state index contributed by atoms with van der Waals surface area (Å²) in [5.74, 6) is 0.477. The number of rotatable bonds is 4. The van der Waals surface area contributed by atoms with Crippen molar-refractivity contribution in [1.29, 1.82) is 5.26 Å². The van der Waals surface area contributed by atoms with Gasteiger partial charge in [0.2, 0.25) is 5.95 Å². The van der Waals surface area contributed by atoms with Gasteiger partial charge in [0.1, 0.15) is 11.6 Å². The molecule has 1 aliphatic heterocycles. The van der Waals surface area contributed by atoms with Crippen LogP contribution in [-0.2, 0) is 4.79 Å². The van der Waals surface area contributed by atoms with Crippen molar-refractivity contribution in [2.45, 2.75) is 38.1 Å². The molecule has 0 radical (unpaired) electrons. The van der Waals surface area contributed by atoms with Crippen LogP contribution in [0.25, 0.3) is 0 Å². The summed E-state index contributed by atoms with van der Waals surface area (Å²) in [7, 11) is 0. The summed E-state index contributed by atoms with van der Waals surface area (Å²) < 4.78 is 0. The molecule has 1 N–H and O–H groups in total. The number of anilines is 1. The number of nitrogens with zero attached hydrogens (tertiary/aromatic N) is 5. The van der Waals surface area contributed by atoms with E-state index in [9.17, 15) is 10.1 Å². The maximum absolute atomic E-state index is 12.3. The number of carbonyl (C=O) groups excluding carboxylic acids is 1. The van der Waals surface area contributed by atoms with Crippen molar-refractivity contribution in [2.24, 2.45) is 0 Å². The fraction of sp³-hybridized carbons (Fsp3) is 0.556. The highest BCUT2D eigenvalue weighted by Crippen LogP contribution is 2.18. The Hall–Kier alpha value is -2.62. The molecule has 25 heavy (non-hydrogen) atoms. The van der Waals surface area contributed by atoms with Gasteiger partial charge in [-0.1, -0.05) is 19.3 Å². The summed E-state index contributed by atoms with van der Waals surface area (Å²) >= 11 is 0.